The second kappa shape index (κ2) is 9.71. The van der Waals surface area contributed by atoms with Gasteiger partial charge in [0.05, 0.1) is 6.04 Å². The van der Waals surface area contributed by atoms with E-state index in [0.717, 1.165) is 0 Å². The Morgan fingerprint density at radius 3 is 2.31 bits per heavy atom. The highest BCUT2D eigenvalue weighted by atomic mass is 16.5. The summed E-state index contributed by atoms with van der Waals surface area (Å²) in [6.07, 6.45) is 0. The lowest BCUT2D eigenvalue weighted by molar-refractivity contribution is -0.136. The van der Waals surface area contributed by atoms with Gasteiger partial charge in [0.15, 0.2) is 11.6 Å². The molecule has 0 aliphatic carbocycles. The molecule has 2 atom stereocenters. The summed E-state index contributed by atoms with van der Waals surface area (Å²) in [5.41, 5.74) is 17.8. The average Bonchev–Trinajstić information content (AvgIpc) is 2.67. The number of pyridine rings is 1. The molecule has 2 aromatic rings. The minimum atomic E-state index is -0.751. The fourth-order valence-electron chi connectivity index (χ4n) is 2.04. The predicted molar refractivity (Wildman–Crippen MR) is 110 cm³/mol. The fraction of sp³-hybridized carbons (Fsp3) is 0.316. The predicted octanol–water partition coefficient (Wildman–Crippen LogP) is 2.25. The van der Waals surface area contributed by atoms with Gasteiger partial charge in [-0.15, -0.1) is 10.2 Å². The molecule has 0 saturated carbocycles. The highest BCUT2D eigenvalue weighted by Gasteiger charge is 2.20. The van der Waals surface area contributed by atoms with E-state index in [1.54, 1.807) is 37.3 Å². The minimum absolute atomic E-state index is 0.0625. The molecular weight excluding hydrogens is 374 g/mol. The number of nitrogens with zero attached hydrogens (tertiary/aromatic N) is 3. The van der Waals surface area contributed by atoms with E-state index >= 15 is 0 Å². The first kappa shape index (κ1) is 21.9. The van der Waals surface area contributed by atoms with Crippen LogP contribution in [0.1, 0.15) is 20.8 Å². The lowest BCUT2D eigenvalue weighted by atomic mass is 10.1. The van der Waals surface area contributed by atoms with Crippen molar-refractivity contribution in [2.45, 2.75) is 32.9 Å². The number of hydrogen-bond acceptors (Lipinski definition) is 9. The van der Waals surface area contributed by atoms with Crippen molar-refractivity contribution in [3.63, 3.8) is 0 Å². The van der Waals surface area contributed by atoms with E-state index in [9.17, 15) is 9.59 Å². The van der Waals surface area contributed by atoms with Gasteiger partial charge >= 0.3 is 5.97 Å². The number of anilines is 2. The third kappa shape index (κ3) is 6.06. The molecule has 1 aromatic heterocycles. The number of hydrogen-bond donors (Lipinski definition) is 4. The van der Waals surface area contributed by atoms with Gasteiger partial charge in [-0.2, -0.15) is 0 Å². The molecule has 1 heterocycles. The van der Waals surface area contributed by atoms with E-state index in [2.05, 4.69) is 20.5 Å². The molecule has 1 amide bonds. The Hall–Kier alpha value is -3.37. The van der Waals surface area contributed by atoms with E-state index in [1.165, 1.54) is 6.07 Å². The Labute approximate surface area is 168 Å². The van der Waals surface area contributed by atoms with Crippen LogP contribution in [0.15, 0.2) is 46.6 Å². The van der Waals surface area contributed by atoms with Crippen molar-refractivity contribution < 1.29 is 14.3 Å². The van der Waals surface area contributed by atoms with E-state index in [0.29, 0.717) is 5.69 Å². The van der Waals surface area contributed by atoms with E-state index in [-0.39, 0.29) is 34.9 Å². The first-order valence-electron chi connectivity index (χ1n) is 9.00. The summed E-state index contributed by atoms with van der Waals surface area (Å²) < 4.78 is 5.35. The number of esters is 1. The van der Waals surface area contributed by atoms with Crippen LogP contribution in [-0.2, 0) is 9.59 Å². The van der Waals surface area contributed by atoms with Gasteiger partial charge in [0, 0.05) is 0 Å². The highest BCUT2D eigenvalue weighted by molar-refractivity contribution is 5.93. The number of nitrogens with two attached hydrogens (primary N) is 3. The Morgan fingerprint density at radius 1 is 1.03 bits per heavy atom. The van der Waals surface area contributed by atoms with Gasteiger partial charge in [0.1, 0.15) is 23.2 Å². The molecular formula is C19H25N7O3. The van der Waals surface area contributed by atoms with Gasteiger partial charge in [-0.3, -0.25) is 4.79 Å². The number of nitrogen functional groups attached to an aromatic ring is 1. The topological polar surface area (TPSA) is 171 Å². The zero-order valence-electron chi connectivity index (χ0n) is 16.5. The molecule has 10 nitrogen and oxygen atoms in total. The van der Waals surface area contributed by atoms with Crippen LogP contribution in [0.5, 0.6) is 5.75 Å². The number of azo groups is 1. The van der Waals surface area contributed by atoms with Crippen molar-refractivity contribution in [1.82, 2.24) is 4.98 Å². The number of benzene rings is 1. The van der Waals surface area contributed by atoms with Gasteiger partial charge in [-0.1, -0.05) is 26.0 Å². The van der Waals surface area contributed by atoms with Crippen LogP contribution in [0, 0.1) is 5.92 Å². The molecule has 0 spiro atoms. The average molecular weight is 399 g/mol. The van der Waals surface area contributed by atoms with Crippen LogP contribution in [0.25, 0.3) is 0 Å². The van der Waals surface area contributed by atoms with E-state index in [1.807, 2.05) is 13.8 Å². The highest BCUT2D eigenvalue weighted by Crippen LogP contribution is 2.31. The number of carbonyl (C=O) groups excluding carboxylic acids is 2. The van der Waals surface area contributed by atoms with Crippen LogP contribution in [0.3, 0.4) is 0 Å². The molecule has 29 heavy (non-hydrogen) atoms. The van der Waals surface area contributed by atoms with Crippen molar-refractivity contribution in [3.05, 3.63) is 36.4 Å². The number of para-hydroxylation sites is 1. The van der Waals surface area contributed by atoms with Gasteiger partial charge in [-0.05, 0) is 37.1 Å². The normalized spacial score (nSPS) is 13.3. The van der Waals surface area contributed by atoms with E-state index in [4.69, 9.17) is 21.9 Å². The van der Waals surface area contributed by atoms with Crippen LogP contribution in [0.4, 0.5) is 23.0 Å². The number of carbonyl (C=O) groups is 2. The third-order valence-electron chi connectivity index (χ3n) is 3.90. The second-order valence-electron chi connectivity index (χ2n) is 6.74. The SMILES string of the molecule is CC(C)C(N)C(=O)Oc1ccccc1/N=N/c1ccc(NC(=O)[C@H](C)N)nc1N. The monoisotopic (exact) mass is 399 g/mol. The lowest BCUT2D eigenvalue weighted by Gasteiger charge is -2.14. The van der Waals surface area contributed by atoms with Crippen molar-refractivity contribution in [2.24, 2.45) is 27.6 Å². The number of aromatic nitrogens is 1. The Morgan fingerprint density at radius 2 is 1.69 bits per heavy atom. The van der Waals surface area contributed by atoms with Crippen molar-refractivity contribution in [1.29, 1.82) is 0 Å². The molecule has 0 saturated heterocycles. The van der Waals surface area contributed by atoms with Crippen LogP contribution in [-0.4, -0.2) is 28.9 Å². The second-order valence-corrected chi connectivity index (χ2v) is 6.74. The maximum atomic E-state index is 12.1. The lowest BCUT2D eigenvalue weighted by Crippen LogP contribution is -2.38. The molecule has 154 valence electrons. The molecule has 7 N–H and O–H groups in total. The minimum Gasteiger partial charge on any atom is -0.423 e. The Kier molecular flexibility index (Phi) is 7.34. The zero-order valence-corrected chi connectivity index (χ0v) is 16.5. The van der Waals surface area contributed by atoms with Crippen LogP contribution >= 0.6 is 0 Å². The molecule has 1 unspecified atom stereocenters. The summed E-state index contributed by atoms with van der Waals surface area (Å²) in [6, 6.07) is 8.29. The van der Waals surface area contributed by atoms with Gasteiger partial charge in [0.25, 0.3) is 0 Å². The third-order valence-corrected chi connectivity index (χ3v) is 3.90. The molecule has 0 bridgehead atoms. The summed E-state index contributed by atoms with van der Waals surface area (Å²) in [4.78, 5) is 27.8. The Balaban J connectivity index is 2.18. The molecule has 0 radical (unpaired) electrons. The number of ether oxygens (including phenoxy) is 1. The smallest absolute Gasteiger partial charge is 0.328 e. The molecule has 2 rings (SSSR count). The summed E-state index contributed by atoms with van der Waals surface area (Å²) >= 11 is 0. The van der Waals surface area contributed by atoms with Crippen molar-refractivity contribution in [3.8, 4) is 5.75 Å². The molecule has 0 fully saturated rings. The first-order valence-corrected chi connectivity index (χ1v) is 9.00. The first-order chi connectivity index (χ1) is 13.7. The quantitative estimate of drug-likeness (QED) is 0.314. The molecule has 10 heteroatoms. The maximum absolute atomic E-state index is 12.1. The van der Waals surface area contributed by atoms with Gasteiger partial charge in [-0.25, -0.2) is 9.78 Å². The fourth-order valence-corrected chi connectivity index (χ4v) is 2.04. The van der Waals surface area contributed by atoms with Crippen molar-refractivity contribution >= 4 is 34.9 Å². The largest absolute Gasteiger partial charge is 0.423 e. The van der Waals surface area contributed by atoms with Crippen LogP contribution < -0.4 is 27.3 Å². The van der Waals surface area contributed by atoms with Crippen molar-refractivity contribution in [2.75, 3.05) is 11.1 Å². The number of nitrogens with one attached hydrogen (secondary N) is 1. The van der Waals surface area contributed by atoms with Crippen LogP contribution in [0.2, 0.25) is 0 Å². The summed E-state index contributed by atoms with van der Waals surface area (Å²) in [5.74, 6) is -0.471. The number of rotatable bonds is 7. The van der Waals surface area contributed by atoms with Gasteiger partial charge < -0.3 is 27.3 Å². The molecule has 0 aliphatic rings. The van der Waals surface area contributed by atoms with Gasteiger partial charge in [0.2, 0.25) is 5.91 Å². The van der Waals surface area contributed by atoms with E-state index < -0.39 is 18.1 Å². The maximum Gasteiger partial charge on any atom is 0.328 e. The summed E-state index contributed by atoms with van der Waals surface area (Å²) in [5, 5.41) is 10.7. The number of amides is 1. The summed E-state index contributed by atoms with van der Waals surface area (Å²) in [6.45, 7) is 5.21. The Bertz CT molecular complexity index is 912. The zero-order chi connectivity index (χ0) is 21.6. The molecule has 0 aliphatic heterocycles. The summed E-state index contributed by atoms with van der Waals surface area (Å²) in [7, 11) is 0. The molecule has 1 aromatic carbocycles. The standard InChI is InChI=1S/C19H25N7O3/c1-10(2)16(21)19(28)29-14-7-5-4-6-12(14)25-26-13-8-9-15(23-17(13)22)24-18(27)11(3)20/h4-11,16H,20-21H2,1-3H3,(H3,22,23,24,27)/b26-25+/t11-,16?/m0/s1.